The van der Waals surface area contributed by atoms with Crippen molar-refractivity contribution < 1.29 is 4.52 Å². The van der Waals surface area contributed by atoms with Gasteiger partial charge < -0.3 is 4.52 Å². The van der Waals surface area contributed by atoms with Gasteiger partial charge in [-0.05, 0) is 17.2 Å². The van der Waals surface area contributed by atoms with Crippen molar-refractivity contribution in [3.63, 3.8) is 0 Å². The maximum Gasteiger partial charge on any atom is 0.126 e. The van der Waals surface area contributed by atoms with Crippen LogP contribution in [0.1, 0.15) is 11.1 Å². The molecule has 0 aliphatic rings. The van der Waals surface area contributed by atoms with Crippen molar-refractivity contribution in [3.8, 4) is 5.75 Å². The molecule has 0 heterocycles. The van der Waals surface area contributed by atoms with Crippen LogP contribution in [0, 0.1) is 0 Å². The Kier molecular flexibility index (Phi) is 3.37. The molecule has 0 spiro atoms. The molecule has 2 aromatic rings. The Morgan fingerprint density at radius 2 is 1.53 bits per heavy atom. The van der Waals surface area contributed by atoms with Gasteiger partial charge in [0.2, 0.25) is 0 Å². The van der Waals surface area contributed by atoms with Crippen molar-refractivity contribution in [2.24, 2.45) is 0 Å². The van der Waals surface area contributed by atoms with Gasteiger partial charge in [-0.2, -0.15) is 0 Å². The highest BCUT2D eigenvalue weighted by atomic mass is 31.0. The van der Waals surface area contributed by atoms with Crippen LogP contribution in [0.5, 0.6) is 5.75 Å². The normalized spacial score (nSPS) is 9.93. The van der Waals surface area contributed by atoms with Gasteiger partial charge >= 0.3 is 0 Å². The summed E-state index contributed by atoms with van der Waals surface area (Å²) < 4.78 is 5.23. The maximum absolute atomic E-state index is 5.23. The topological polar surface area (TPSA) is 9.23 Å². The second-order valence-electron chi connectivity index (χ2n) is 3.39. The first-order valence-corrected chi connectivity index (χ1v) is 5.36. The first-order valence-electron chi connectivity index (χ1n) is 4.88. The molecule has 2 heteroatoms. The Bertz CT molecular complexity index is 426. The molecule has 1 atom stereocenters. The van der Waals surface area contributed by atoms with Gasteiger partial charge in [-0.1, -0.05) is 48.5 Å². The zero-order chi connectivity index (χ0) is 10.5. The van der Waals surface area contributed by atoms with Crippen LogP contribution in [-0.4, -0.2) is 0 Å². The summed E-state index contributed by atoms with van der Waals surface area (Å²) in [5.74, 6) is 0.923. The lowest BCUT2D eigenvalue weighted by molar-refractivity contribution is 0.636. The summed E-state index contributed by atoms with van der Waals surface area (Å²) in [6.07, 6.45) is 0.908. The molecule has 0 amide bonds. The van der Waals surface area contributed by atoms with E-state index < -0.39 is 0 Å². The van der Waals surface area contributed by atoms with E-state index in [1.807, 2.05) is 24.3 Å². The summed E-state index contributed by atoms with van der Waals surface area (Å²) in [6, 6.07) is 18.5. The highest BCUT2D eigenvalue weighted by molar-refractivity contribution is 7.10. The first kappa shape index (κ1) is 10.2. The van der Waals surface area contributed by atoms with E-state index in [4.69, 9.17) is 4.52 Å². The van der Waals surface area contributed by atoms with Crippen LogP contribution >= 0.6 is 9.47 Å². The minimum atomic E-state index is 0.908. The second-order valence-corrected chi connectivity index (χ2v) is 3.62. The zero-order valence-corrected chi connectivity index (χ0v) is 9.54. The summed E-state index contributed by atoms with van der Waals surface area (Å²) in [4.78, 5) is 0. The Morgan fingerprint density at radius 1 is 0.867 bits per heavy atom. The standard InChI is InChI=1S/C13H13OP/c15-14-13-9-5-4-8-12(13)10-11-6-2-1-3-7-11/h1-9H,10,15H2. The van der Waals surface area contributed by atoms with Gasteiger partial charge in [-0.25, -0.2) is 0 Å². The molecule has 76 valence electrons. The molecule has 2 rings (SSSR count). The van der Waals surface area contributed by atoms with E-state index in [2.05, 4.69) is 39.8 Å². The predicted molar refractivity (Wildman–Crippen MR) is 66.0 cm³/mol. The molecule has 15 heavy (non-hydrogen) atoms. The molecule has 0 radical (unpaired) electrons. The third-order valence-corrected chi connectivity index (χ3v) is 2.59. The summed E-state index contributed by atoms with van der Waals surface area (Å²) in [5, 5.41) is 0. The average Bonchev–Trinajstić information content (AvgIpc) is 2.31. The van der Waals surface area contributed by atoms with Gasteiger partial charge in [0.05, 0.1) is 9.47 Å². The van der Waals surface area contributed by atoms with Crippen molar-refractivity contribution in [2.45, 2.75) is 6.42 Å². The molecule has 0 aliphatic carbocycles. The van der Waals surface area contributed by atoms with Crippen LogP contribution in [0.25, 0.3) is 0 Å². The third-order valence-electron chi connectivity index (χ3n) is 2.34. The van der Waals surface area contributed by atoms with Crippen LogP contribution in [0.2, 0.25) is 0 Å². The number of hydrogen-bond acceptors (Lipinski definition) is 1. The highest BCUT2D eigenvalue weighted by Crippen LogP contribution is 2.22. The van der Waals surface area contributed by atoms with E-state index in [-0.39, 0.29) is 0 Å². The van der Waals surface area contributed by atoms with Crippen LogP contribution in [0.4, 0.5) is 0 Å². The van der Waals surface area contributed by atoms with Crippen molar-refractivity contribution in [1.29, 1.82) is 0 Å². The van der Waals surface area contributed by atoms with Gasteiger partial charge in [0.25, 0.3) is 0 Å². The summed E-state index contributed by atoms with van der Waals surface area (Å²) in [5.41, 5.74) is 2.51. The van der Waals surface area contributed by atoms with E-state index in [1.165, 1.54) is 11.1 Å². The summed E-state index contributed by atoms with van der Waals surface area (Å²) >= 11 is 0. The van der Waals surface area contributed by atoms with Crippen LogP contribution in [0.3, 0.4) is 0 Å². The van der Waals surface area contributed by atoms with Gasteiger partial charge in [0.15, 0.2) is 0 Å². The third kappa shape index (κ3) is 2.57. The minimum absolute atomic E-state index is 0.908. The Balaban J connectivity index is 2.24. The summed E-state index contributed by atoms with van der Waals surface area (Å²) in [6.45, 7) is 0. The molecule has 0 aliphatic heterocycles. The van der Waals surface area contributed by atoms with Gasteiger partial charge in [0.1, 0.15) is 5.75 Å². The molecule has 1 unspecified atom stereocenters. The largest absolute Gasteiger partial charge is 0.480 e. The molecule has 0 saturated heterocycles. The maximum atomic E-state index is 5.23. The van der Waals surface area contributed by atoms with E-state index in [0.717, 1.165) is 12.2 Å². The minimum Gasteiger partial charge on any atom is -0.480 e. The molecule has 0 bridgehead atoms. The van der Waals surface area contributed by atoms with Gasteiger partial charge in [0, 0.05) is 6.42 Å². The number of para-hydroxylation sites is 1. The molecule has 0 N–H and O–H groups in total. The lowest BCUT2D eigenvalue weighted by atomic mass is 10.0. The van der Waals surface area contributed by atoms with Crippen molar-refractivity contribution in [2.75, 3.05) is 0 Å². The molecular weight excluding hydrogens is 203 g/mol. The number of benzene rings is 2. The van der Waals surface area contributed by atoms with E-state index >= 15 is 0 Å². The fraction of sp³-hybridized carbons (Fsp3) is 0.0769. The second kappa shape index (κ2) is 4.95. The van der Waals surface area contributed by atoms with Crippen LogP contribution in [-0.2, 0) is 6.42 Å². The van der Waals surface area contributed by atoms with Crippen molar-refractivity contribution in [1.82, 2.24) is 0 Å². The molecule has 1 nitrogen and oxygen atoms in total. The summed E-state index contributed by atoms with van der Waals surface area (Å²) in [7, 11) is 2.29. The molecular formula is C13H13OP. The number of rotatable bonds is 3. The van der Waals surface area contributed by atoms with E-state index in [0.29, 0.717) is 0 Å². The molecule has 0 saturated carbocycles. The van der Waals surface area contributed by atoms with E-state index in [9.17, 15) is 0 Å². The first-order chi connectivity index (χ1) is 7.40. The fourth-order valence-electron chi connectivity index (χ4n) is 1.58. The Morgan fingerprint density at radius 3 is 2.27 bits per heavy atom. The quantitative estimate of drug-likeness (QED) is 0.714. The monoisotopic (exact) mass is 216 g/mol. The lowest BCUT2D eigenvalue weighted by Crippen LogP contribution is -1.90. The number of hydrogen-bond donors (Lipinski definition) is 0. The van der Waals surface area contributed by atoms with E-state index in [1.54, 1.807) is 0 Å². The predicted octanol–water partition coefficient (Wildman–Crippen LogP) is 3.45. The Labute approximate surface area is 92.4 Å². The smallest absolute Gasteiger partial charge is 0.126 e. The fourth-order valence-corrected chi connectivity index (χ4v) is 1.81. The highest BCUT2D eigenvalue weighted by Gasteiger charge is 2.01. The Hall–Kier alpha value is -1.33. The van der Waals surface area contributed by atoms with Gasteiger partial charge in [-0.15, -0.1) is 0 Å². The average molecular weight is 216 g/mol. The van der Waals surface area contributed by atoms with Crippen molar-refractivity contribution >= 4 is 9.47 Å². The molecule has 0 fully saturated rings. The van der Waals surface area contributed by atoms with Gasteiger partial charge in [-0.3, -0.25) is 0 Å². The molecule has 2 aromatic carbocycles. The van der Waals surface area contributed by atoms with Crippen LogP contribution < -0.4 is 4.52 Å². The van der Waals surface area contributed by atoms with Crippen molar-refractivity contribution in [3.05, 3.63) is 65.7 Å². The zero-order valence-electron chi connectivity index (χ0n) is 8.39. The SMILES string of the molecule is POc1ccccc1Cc1ccccc1. The lowest BCUT2D eigenvalue weighted by Gasteiger charge is -2.07. The molecule has 0 aromatic heterocycles. The van der Waals surface area contributed by atoms with Crippen LogP contribution in [0.15, 0.2) is 54.6 Å².